The first kappa shape index (κ1) is 15.4. The predicted molar refractivity (Wildman–Crippen MR) is 75.9 cm³/mol. The van der Waals surface area contributed by atoms with Crippen molar-refractivity contribution in [3.63, 3.8) is 0 Å². The second kappa shape index (κ2) is 6.48. The fourth-order valence-electron chi connectivity index (χ4n) is 1.42. The number of nitrogen functional groups attached to an aromatic ring is 1. The summed E-state index contributed by atoms with van der Waals surface area (Å²) in [5, 5.41) is 12.1. The van der Waals surface area contributed by atoms with Gasteiger partial charge >= 0.3 is 0 Å². The van der Waals surface area contributed by atoms with E-state index in [1.807, 2.05) is 14.1 Å². The van der Waals surface area contributed by atoms with Crippen LogP contribution in [0.1, 0.15) is 20.3 Å². The van der Waals surface area contributed by atoms with Crippen LogP contribution in [0.3, 0.4) is 0 Å². The number of nitrogens with zero attached hydrogens (tertiary/aromatic N) is 4. The van der Waals surface area contributed by atoms with Crippen LogP contribution in [0.5, 0.6) is 0 Å². The Bertz CT molecular complexity index is 408. The van der Waals surface area contributed by atoms with E-state index in [1.54, 1.807) is 4.90 Å². The minimum absolute atomic E-state index is 0.0457. The summed E-state index contributed by atoms with van der Waals surface area (Å²) in [6.07, 6.45) is 0.702. The molecule has 0 amide bonds. The Hall–Kier alpha value is -1.67. The molecule has 0 unspecified atom stereocenters. The molecule has 1 aromatic heterocycles. The van der Waals surface area contributed by atoms with Crippen LogP contribution in [0.2, 0.25) is 0 Å². The molecule has 0 aliphatic carbocycles. The lowest BCUT2D eigenvalue weighted by molar-refractivity contribution is 0.220. The number of anilines is 3. The number of aliphatic hydroxyl groups is 1. The molecule has 0 spiro atoms. The van der Waals surface area contributed by atoms with Crippen molar-refractivity contribution in [1.29, 1.82) is 0 Å². The summed E-state index contributed by atoms with van der Waals surface area (Å²) < 4.78 is 0. The molecule has 1 aromatic rings. The van der Waals surface area contributed by atoms with Crippen LogP contribution in [-0.2, 0) is 0 Å². The number of nitrogens with two attached hydrogens (primary N) is 1. The van der Waals surface area contributed by atoms with E-state index in [-0.39, 0.29) is 12.0 Å². The van der Waals surface area contributed by atoms with E-state index in [0.29, 0.717) is 30.8 Å². The Labute approximate surface area is 113 Å². The largest absolute Gasteiger partial charge is 0.396 e. The minimum atomic E-state index is -0.0457. The smallest absolute Gasteiger partial charge is 0.243 e. The van der Waals surface area contributed by atoms with Gasteiger partial charge < -0.3 is 15.3 Å². The van der Waals surface area contributed by atoms with Crippen molar-refractivity contribution >= 4 is 17.8 Å². The second-order valence-electron chi connectivity index (χ2n) is 5.31. The molecule has 0 aliphatic heterocycles. The highest BCUT2D eigenvalue weighted by Crippen LogP contribution is 2.20. The Kier molecular flexibility index (Phi) is 5.25. The Morgan fingerprint density at radius 3 is 2.37 bits per heavy atom. The highest BCUT2D eigenvalue weighted by atomic mass is 16.3. The summed E-state index contributed by atoms with van der Waals surface area (Å²) in [6.45, 7) is 4.93. The van der Waals surface area contributed by atoms with Gasteiger partial charge in [-0.05, 0) is 11.8 Å². The Balaban J connectivity index is 2.80. The fraction of sp³-hybridized carbons (Fsp3) is 0.727. The van der Waals surface area contributed by atoms with E-state index in [9.17, 15) is 0 Å². The summed E-state index contributed by atoms with van der Waals surface area (Å²) in [5.74, 6) is 6.62. The van der Waals surface area contributed by atoms with Gasteiger partial charge in [0.25, 0.3) is 0 Å². The quantitative estimate of drug-likeness (QED) is 0.405. The summed E-state index contributed by atoms with van der Waals surface area (Å²) in [5.41, 5.74) is 2.37. The molecule has 8 heteroatoms. The third-order valence-corrected chi connectivity index (χ3v) is 2.67. The summed E-state index contributed by atoms with van der Waals surface area (Å²) in [4.78, 5) is 14.3. The monoisotopic (exact) mass is 269 g/mol. The highest BCUT2D eigenvalue weighted by molar-refractivity contribution is 5.42. The first-order valence-corrected chi connectivity index (χ1v) is 6.13. The van der Waals surface area contributed by atoms with Gasteiger partial charge in [-0.2, -0.15) is 15.0 Å². The summed E-state index contributed by atoms with van der Waals surface area (Å²) in [6, 6.07) is 0. The van der Waals surface area contributed by atoms with Gasteiger partial charge in [-0.1, -0.05) is 13.8 Å². The minimum Gasteiger partial charge on any atom is -0.396 e. The van der Waals surface area contributed by atoms with Gasteiger partial charge in [-0.25, -0.2) is 5.84 Å². The Morgan fingerprint density at radius 2 is 1.84 bits per heavy atom. The number of hydrogen-bond donors (Lipinski definition) is 4. The Morgan fingerprint density at radius 1 is 1.21 bits per heavy atom. The summed E-state index contributed by atoms with van der Waals surface area (Å²) >= 11 is 0. The molecule has 0 fully saturated rings. The van der Waals surface area contributed by atoms with Crippen molar-refractivity contribution in [2.24, 2.45) is 11.3 Å². The lowest BCUT2D eigenvalue weighted by Gasteiger charge is -2.24. The number of hydrazine groups is 1. The first-order valence-electron chi connectivity index (χ1n) is 6.13. The first-order chi connectivity index (χ1) is 8.88. The van der Waals surface area contributed by atoms with Crippen LogP contribution in [0.4, 0.5) is 17.8 Å². The van der Waals surface area contributed by atoms with Crippen LogP contribution in [0, 0.1) is 5.41 Å². The molecule has 0 aromatic carbocycles. The molecule has 1 rings (SSSR count). The van der Waals surface area contributed by atoms with Crippen LogP contribution in [0.15, 0.2) is 0 Å². The van der Waals surface area contributed by atoms with Crippen molar-refractivity contribution in [1.82, 2.24) is 15.0 Å². The topological polar surface area (TPSA) is 112 Å². The average Bonchev–Trinajstić information content (AvgIpc) is 2.36. The van der Waals surface area contributed by atoms with Crippen LogP contribution in [0.25, 0.3) is 0 Å². The van der Waals surface area contributed by atoms with E-state index >= 15 is 0 Å². The molecule has 8 nitrogen and oxygen atoms in total. The molecular formula is C11H23N7O. The zero-order valence-corrected chi connectivity index (χ0v) is 11.9. The normalized spacial score (nSPS) is 11.3. The van der Waals surface area contributed by atoms with Crippen molar-refractivity contribution in [2.45, 2.75) is 20.3 Å². The van der Waals surface area contributed by atoms with Crippen molar-refractivity contribution in [3.8, 4) is 0 Å². The third kappa shape index (κ3) is 4.84. The SMILES string of the molecule is CN(C)c1nc(NN)nc(NCC(C)(C)CCO)n1. The zero-order chi connectivity index (χ0) is 14.5. The van der Waals surface area contributed by atoms with Crippen LogP contribution >= 0.6 is 0 Å². The van der Waals surface area contributed by atoms with Crippen LogP contribution < -0.4 is 21.5 Å². The molecular weight excluding hydrogens is 246 g/mol. The summed E-state index contributed by atoms with van der Waals surface area (Å²) in [7, 11) is 3.68. The van der Waals surface area contributed by atoms with Gasteiger partial charge in [0, 0.05) is 27.2 Å². The number of aromatic nitrogens is 3. The van der Waals surface area contributed by atoms with Crippen molar-refractivity contribution in [3.05, 3.63) is 0 Å². The van der Waals surface area contributed by atoms with Crippen molar-refractivity contribution in [2.75, 3.05) is 42.9 Å². The highest BCUT2D eigenvalue weighted by Gasteiger charge is 2.18. The molecule has 0 saturated carbocycles. The standard InChI is InChI=1S/C11H23N7O/c1-11(2,5-6-19)7-13-8-14-9(17-12)16-10(15-8)18(3)4/h19H,5-7,12H2,1-4H3,(H2,13,14,15,16,17). The number of aliphatic hydroxyl groups excluding tert-OH is 1. The molecule has 19 heavy (non-hydrogen) atoms. The maximum atomic E-state index is 9.00. The maximum Gasteiger partial charge on any atom is 0.243 e. The number of rotatable bonds is 7. The van der Waals surface area contributed by atoms with Gasteiger partial charge in [-0.3, -0.25) is 5.43 Å². The molecule has 0 radical (unpaired) electrons. The fourth-order valence-corrected chi connectivity index (χ4v) is 1.42. The van der Waals surface area contributed by atoms with E-state index in [0.717, 1.165) is 0 Å². The molecule has 108 valence electrons. The van der Waals surface area contributed by atoms with Gasteiger partial charge in [-0.15, -0.1) is 0 Å². The third-order valence-electron chi connectivity index (χ3n) is 2.67. The van der Waals surface area contributed by atoms with Gasteiger partial charge in [0.1, 0.15) is 0 Å². The molecule has 5 N–H and O–H groups in total. The maximum absolute atomic E-state index is 9.00. The lowest BCUT2D eigenvalue weighted by Crippen LogP contribution is -2.26. The molecule has 0 aliphatic rings. The van der Waals surface area contributed by atoms with Crippen molar-refractivity contribution < 1.29 is 5.11 Å². The number of nitrogens with one attached hydrogen (secondary N) is 2. The molecule has 1 heterocycles. The average molecular weight is 269 g/mol. The zero-order valence-electron chi connectivity index (χ0n) is 11.9. The predicted octanol–water partition coefficient (Wildman–Crippen LogP) is 0.0437. The van der Waals surface area contributed by atoms with Crippen LogP contribution in [-0.4, -0.2) is 47.3 Å². The van der Waals surface area contributed by atoms with Gasteiger partial charge in [0.15, 0.2) is 0 Å². The van der Waals surface area contributed by atoms with Gasteiger partial charge in [0.2, 0.25) is 17.8 Å². The number of hydrogen-bond acceptors (Lipinski definition) is 8. The molecule has 0 bridgehead atoms. The molecule has 0 saturated heterocycles. The van der Waals surface area contributed by atoms with E-state index in [2.05, 4.69) is 39.5 Å². The lowest BCUT2D eigenvalue weighted by atomic mass is 9.90. The van der Waals surface area contributed by atoms with Gasteiger partial charge in [0.05, 0.1) is 0 Å². The van der Waals surface area contributed by atoms with E-state index in [4.69, 9.17) is 10.9 Å². The van der Waals surface area contributed by atoms with E-state index < -0.39 is 0 Å². The second-order valence-corrected chi connectivity index (χ2v) is 5.31. The molecule has 0 atom stereocenters. The van der Waals surface area contributed by atoms with E-state index in [1.165, 1.54) is 0 Å².